The lowest BCUT2D eigenvalue weighted by Gasteiger charge is -2.08. The molecule has 0 fully saturated rings. The highest BCUT2D eigenvalue weighted by atomic mass is 127. The van der Waals surface area contributed by atoms with Crippen LogP contribution in [-0.2, 0) is 6.42 Å². The van der Waals surface area contributed by atoms with Gasteiger partial charge in [-0.15, -0.1) is 0 Å². The molecule has 0 radical (unpaired) electrons. The Hall–Kier alpha value is -1.14. The van der Waals surface area contributed by atoms with Gasteiger partial charge in [0.05, 0.1) is 15.5 Å². The Morgan fingerprint density at radius 3 is 2.70 bits per heavy atom. The molecule has 3 nitrogen and oxygen atoms in total. The molecule has 0 saturated heterocycles. The molecule has 0 bridgehead atoms. The smallest absolute Gasteiger partial charge is 0.169 e. The van der Waals surface area contributed by atoms with E-state index in [1.54, 1.807) is 0 Å². The first-order valence-corrected chi connectivity index (χ1v) is 7.94. The molecule has 0 saturated carbocycles. The summed E-state index contributed by atoms with van der Waals surface area (Å²) in [4.78, 5) is 4.73. The fraction of sp³-hybridized carbons (Fsp3) is 0.200. The molecule has 5 heteroatoms. The first-order chi connectivity index (χ1) is 9.69. The SMILES string of the molecule is CCCc1cc(-c2ccc(Cl)cc2)nc2c(I)cnn12. The third-order valence-corrected chi connectivity index (χ3v) is 4.16. The lowest BCUT2D eigenvalue weighted by atomic mass is 10.1. The molecular formula is C15H13ClIN3. The highest BCUT2D eigenvalue weighted by Gasteiger charge is 2.10. The van der Waals surface area contributed by atoms with Gasteiger partial charge in [-0.05, 0) is 47.2 Å². The Morgan fingerprint density at radius 1 is 1.25 bits per heavy atom. The fourth-order valence-electron chi connectivity index (χ4n) is 2.20. The van der Waals surface area contributed by atoms with Crippen molar-refractivity contribution in [2.45, 2.75) is 19.8 Å². The van der Waals surface area contributed by atoms with Gasteiger partial charge in [0.1, 0.15) is 0 Å². The van der Waals surface area contributed by atoms with Crippen LogP contribution in [-0.4, -0.2) is 14.6 Å². The van der Waals surface area contributed by atoms with Crippen LogP contribution in [0.1, 0.15) is 19.0 Å². The summed E-state index contributed by atoms with van der Waals surface area (Å²) in [5, 5.41) is 5.15. The predicted molar refractivity (Wildman–Crippen MR) is 90.1 cm³/mol. The number of benzene rings is 1. The monoisotopic (exact) mass is 397 g/mol. The molecule has 2 heterocycles. The maximum atomic E-state index is 5.95. The molecule has 0 atom stereocenters. The van der Waals surface area contributed by atoms with E-state index in [4.69, 9.17) is 16.6 Å². The second kappa shape index (κ2) is 5.69. The van der Waals surface area contributed by atoms with Crippen molar-refractivity contribution in [2.24, 2.45) is 0 Å². The minimum absolute atomic E-state index is 0.738. The number of nitrogens with zero attached hydrogens (tertiary/aromatic N) is 3. The van der Waals surface area contributed by atoms with E-state index in [9.17, 15) is 0 Å². The number of rotatable bonds is 3. The van der Waals surface area contributed by atoms with E-state index in [1.807, 2.05) is 35.0 Å². The summed E-state index contributed by atoms with van der Waals surface area (Å²) < 4.78 is 3.00. The third kappa shape index (κ3) is 2.54. The van der Waals surface area contributed by atoms with Crippen molar-refractivity contribution in [1.29, 1.82) is 0 Å². The molecule has 0 N–H and O–H groups in total. The van der Waals surface area contributed by atoms with E-state index in [-0.39, 0.29) is 0 Å². The second-order valence-corrected chi connectivity index (χ2v) is 6.22. The molecule has 0 aliphatic heterocycles. The molecule has 0 aliphatic rings. The number of halogens is 2. The molecule has 1 aromatic carbocycles. The Morgan fingerprint density at radius 2 is 2.00 bits per heavy atom. The Balaban J connectivity index is 2.20. The minimum atomic E-state index is 0.738. The highest BCUT2D eigenvalue weighted by molar-refractivity contribution is 14.1. The van der Waals surface area contributed by atoms with Gasteiger partial charge in [0, 0.05) is 16.3 Å². The summed E-state index contributed by atoms with van der Waals surface area (Å²) in [6, 6.07) is 9.90. The Bertz CT molecular complexity index is 750. The van der Waals surface area contributed by atoms with Gasteiger partial charge >= 0.3 is 0 Å². The number of hydrogen-bond donors (Lipinski definition) is 0. The van der Waals surface area contributed by atoms with E-state index in [0.29, 0.717) is 0 Å². The van der Waals surface area contributed by atoms with Crippen molar-refractivity contribution in [2.75, 3.05) is 0 Å². The van der Waals surface area contributed by atoms with Crippen molar-refractivity contribution in [1.82, 2.24) is 14.6 Å². The Labute approximate surface area is 136 Å². The van der Waals surface area contributed by atoms with Crippen LogP contribution in [0.25, 0.3) is 16.9 Å². The zero-order valence-corrected chi connectivity index (χ0v) is 13.9. The molecule has 0 spiro atoms. The summed E-state index contributed by atoms with van der Waals surface area (Å²) in [7, 11) is 0. The van der Waals surface area contributed by atoms with Crippen LogP contribution in [0.5, 0.6) is 0 Å². The predicted octanol–water partition coefficient (Wildman–Crippen LogP) is 4.61. The fourth-order valence-corrected chi connectivity index (χ4v) is 2.80. The first kappa shape index (κ1) is 13.8. The summed E-state index contributed by atoms with van der Waals surface area (Å²) in [5.41, 5.74) is 4.15. The first-order valence-electron chi connectivity index (χ1n) is 6.48. The third-order valence-electron chi connectivity index (χ3n) is 3.15. The average molecular weight is 398 g/mol. The number of aromatic nitrogens is 3. The van der Waals surface area contributed by atoms with E-state index in [0.717, 1.165) is 38.3 Å². The zero-order chi connectivity index (χ0) is 14.1. The Kier molecular flexibility index (Phi) is 3.94. The van der Waals surface area contributed by atoms with Crippen LogP contribution in [0.2, 0.25) is 5.02 Å². The van der Waals surface area contributed by atoms with Crippen LogP contribution < -0.4 is 0 Å². The van der Waals surface area contributed by atoms with Crippen LogP contribution >= 0.6 is 34.2 Å². The van der Waals surface area contributed by atoms with Gasteiger partial charge in [-0.2, -0.15) is 5.10 Å². The van der Waals surface area contributed by atoms with Crippen molar-refractivity contribution in [3.63, 3.8) is 0 Å². The van der Waals surface area contributed by atoms with Gasteiger partial charge < -0.3 is 0 Å². The summed E-state index contributed by atoms with van der Waals surface area (Å²) in [6.07, 6.45) is 3.92. The van der Waals surface area contributed by atoms with Gasteiger partial charge in [-0.25, -0.2) is 9.50 Å². The lowest BCUT2D eigenvalue weighted by Crippen LogP contribution is -2.02. The molecule has 102 valence electrons. The molecule has 2 aromatic heterocycles. The van der Waals surface area contributed by atoms with Crippen molar-refractivity contribution in [3.8, 4) is 11.3 Å². The van der Waals surface area contributed by atoms with E-state index < -0.39 is 0 Å². The standard InChI is InChI=1S/C15H13ClIN3/c1-2-3-12-8-14(10-4-6-11(16)7-5-10)19-15-13(17)9-18-20(12)15/h4-9H,2-3H2,1H3. The number of hydrogen-bond acceptors (Lipinski definition) is 2. The lowest BCUT2D eigenvalue weighted by molar-refractivity contribution is 0.797. The zero-order valence-electron chi connectivity index (χ0n) is 11.0. The van der Waals surface area contributed by atoms with Crippen molar-refractivity contribution in [3.05, 3.63) is 50.8 Å². The van der Waals surface area contributed by atoms with E-state index in [2.05, 4.69) is 40.7 Å². The summed E-state index contributed by atoms with van der Waals surface area (Å²) in [6.45, 7) is 2.17. The summed E-state index contributed by atoms with van der Waals surface area (Å²) in [5.74, 6) is 0. The maximum Gasteiger partial charge on any atom is 0.169 e. The molecule has 0 aliphatic carbocycles. The van der Waals surface area contributed by atoms with Gasteiger partial charge in [0.15, 0.2) is 5.65 Å². The minimum Gasteiger partial charge on any atom is -0.227 e. The van der Waals surface area contributed by atoms with Crippen LogP contribution in [0.4, 0.5) is 0 Å². The molecule has 3 aromatic rings. The van der Waals surface area contributed by atoms with Crippen molar-refractivity contribution < 1.29 is 0 Å². The normalized spacial score (nSPS) is 11.2. The number of fused-ring (bicyclic) bond motifs is 1. The van der Waals surface area contributed by atoms with Crippen LogP contribution in [0.3, 0.4) is 0 Å². The maximum absolute atomic E-state index is 5.95. The van der Waals surface area contributed by atoms with E-state index in [1.165, 1.54) is 5.69 Å². The second-order valence-electron chi connectivity index (χ2n) is 4.62. The molecular weight excluding hydrogens is 385 g/mol. The molecule has 3 rings (SSSR count). The average Bonchev–Trinajstić information content (AvgIpc) is 2.82. The molecule has 0 unspecified atom stereocenters. The van der Waals surface area contributed by atoms with Gasteiger partial charge in [-0.1, -0.05) is 37.1 Å². The number of aryl methyl sites for hydroxylation is 1. The van der Waals surface area contributed by atoms with Gasteiger partial charge in [0.25, 0.3) is 0 Å². The van der Waals surface area contributed by atoms with Gasteiger partial charge in [-0.3, -0.25) is 0 Å². The quantitative estimate of drug-likeness (QED) is 0.604. The molecule has 20 heavy (non-hydrogen) atoms. The largest absolute Gasteiger partial charge is 0.227 e. The topological polar surface area (TPSA) is 30.2 Å². The van der Waals surface area contributed by atoms with E-state index >= 15 is 0 Å². The summed E-state index contributed by atoms with van der Waals surface area (Å²) >= 11 is 8.22. The molecule has 0 amide bonds. The van der Waals surface area contributed by atoms with Gasteiger partial charge in [0.2, 0.25) is 0 Å². The highest BCUT2D eigenvalue weighted by Crippen LogP contribution is 2.24. The van der Waals surface area contributed by atoms with Crippen LogP contribution in [0, 0.1) is 3.57 Å². The van der Waals surface area contributed by atoms with Crippen LogP contribution in [0.15, 0.2) is 36.5 Å². The van der Waals surface area contributed by atoms with Crippen molar-refractivity contribution >= 4 is 39.8 Å².